The summed E-state index contributed by atoms with van der Waals surface area (Å²) >= 11 is 1.82. The van der Waals surface area contributed by atoms with E-state index in [1.165, 1.54) is 56.9 Å². The molecule has 2 unspecified atom stereocenters. The van der Waals surface area contributed by atoms with Crippen molar-refractivity contribution in [2.45, 2.75) is 76.4 Å². The fourth-order valence-electron chi connectivity index (χ4n) is 4.13. The minimum Gasteiger partial charge on any atom is -0.329 e. The Labute approximate surface area is 133 Å². The van der Waals surface area contributed by atoms with E-state index in [4.69, 9.17) is 5.73 Å². The first-order valence-electron chi connectivity index (χ1n) is 8.75. The molecule has 2 nitrogen and oxygen atoms in total. The predicted octanol–water partition coefficient (Wildman–Crippen LogP) is 4.40. The van der Waals surface area contributed by atoms with Crippen LogP contribution in [0.3, 0.4) is 0 Å². The largest absolute Gasteiger partial charge is 0.329 e. The van der Waals surface area contributed by atoms with Crippen LogP contribution in [0.15, 0.2) is 16.8 Å². The molecule has 3 heteroatoms. The molecule has 0 spiro atoms. The average Bonchev–Trinajstić information content (AvgIpc) is 3.27. The number of nitrogens with two attached hydrogens (primary N) is 1. The van der Waals surface area contributed by atoms with Gasteiger partial charge in [-0.1, -0.05) is 26.2 Å². The molecule has 2 saturated carbocycles. The molecule has 0 aliphatic heterocycles. The highest BCUT2D eigenvalue weighted by atomic mass is 32.1. The highest BCUT2D eigenvalue weighted by Crippen LogP contribution is 2.42. The van der Waals surface area contributed by atoms with Crippen molar-refractivity contribution in [2.24, 2.45) is 11.7 Å². The summed E-state index contributed by atoms with van der Waals surface area (Å²) in [6.07, 6.45) is 10.9. The van der Waals surface area contributed by atoms with Crippen molar-refractivity contribution in [1.82, 2.24) is 4.90 Å². The van der Waals surface area contributed by atoms with Crippen molar-refractivity contribution in [3.63, 3.8) is 0 Å². The quantitative estimate of drug-likeness (QED) is 0.789. The van der Waals surface area contributed by atoms with Gasteiger partial charge in [0.2, 0.25) is 0 Å². The number of hydrogen-bond donors (Lipinski definition) is 1. The van der Waals surface area contributed by atoms with E-state index in [0.29, 0.717) is 0 Å². The third kappa shape index (κ3) is 3.52. The van der Waals surface area contributed by atoms with Gasteiger partial charge >= 0.3 is 0 Å². The molecule has 1 aromatic rings. The molecule has 1 aromatic heterocycles. The van der Waals surface area contributed by atoms with E-state index in [2.05, 4.69) is 28.7 Å². The Kier molecular flexibility index (Phi) is 5.03. The molecule has 2 aliphatic carbocycles. The summed E-state index contributed by atoms with van der Waals surface area (Å²) in [4.78, 5) is 2.80. The number of hydrogen-bond acceptors (Lipinski definition) is 3. The Morgan fingerprint density at radius 3 is 2.76 bits per heavy atom. The lowest BCUT2D eigenvalue weighted by Gasteiger charge is -2.44. The summed E-state index contributed by atoms with van der Waals surface area (Å²) < 4.78 is 0. The van der Waals surface area contributed by atoms with Crippen LogP contribution < -0.4 is 5.73 Å². The van der Waals surface area contributed by atoms with E-state index in [0.717, 1.165) is 25.0 Å². The third-order valence-corrected chi connectivity index (χ3v) is 6.49. The van der Waals surface area contributed by atoms with E-state index in [9.17, 15) is 0 Å². The van der Waals surface area contributed by atoms with Gasteiger partial charge in [-0.15, -0.1) is 0 Å². The maximum atomic E-state index is 6.35. The first-order valence-corrected chi connectivity index (χ1v) is 9.69. The molecule has 1 heterocycles. The zero-order valence-electron chi connectivity index (χ0n) is 13.4. The molecule has 3 rings (SSSR count). The van der Waals surface area contributed by atoms with E-state index >= 15 is 0 Å². The van der Waals surface area contributed by atoms with Crippen LogP contribution in [0, 0.1) is 5.92 Å². The standard InChI is InChI=1S/C18H30N2S/c1-2-15-4-3-9-18(14-19,10-7-15)20(17-5-6-17)12-16-8-11-21-13-16/h8,11,13,15,17H,2-7,9-10,12,14,19H2,1H3. The van der Waals surface area contributed by atoms with E-state index in [-0.39, 0.29) is 5.54 Å². The second-order valence-electron chi connectivity index (χ2n) is 7.12. The monoisotopic (exact) mass is 306 g/mol. The lowest BCUT2D eigenvalue weighted by atomic mass is 9.86. The van der Waals surface area contributed by atoms with Crippen LogP contribution in [0.1, 0.15) is 63.9 Å². The van der Waals surface area contributed by atoms with Gasteiger partial charge in [-0.2, -0.15) is 11.3 Å². The van der Waals surface area contributed by atoms with Crippen LogP contribution in [0.5, 0.6) is 0 Å². The Morgan fingerprint density at radius 1 is 1.29 bits per heavy atom. The number of rotatable bonds is 6. The summed E-state index contributed by atoms with van der Waals surface area (Å²) in [5.74, 6) is 0.931. The SMILES string of the molecule is CCC1CCCC(CN)(N(Cc2ccsc2)C2CC2)CC1. The summed E-state index contributed by atoms with van der Waals surface area (Å²) in [5.41, 5.74) is 8.10. The Bertz CT molecular complexity index is 426. The maximum absolute atomic E-state index is 6.35. The smallest absolute Gasteiger partial charge is 0.0338 e. The molecule has 118 valence electrons. The lowest BCUT2D eigenvalue weighted by molar-refractivity contribution is 0.0602. The fraction of sp³-hybridized carbons (Fsp3) is 0.778. The van der Waals surface area contributed by atoms with Crippen LogP contribution in [0.25, 0.3) is 0 Å². The highest BCUT2D eigenvalue weighted by molar-refractivity contribution is 7.07. The van der Waals surface area contributed by atoms with Crippen molar-refractivity contribution < 1.29 is 0 Å². The molecule has 21 heavy (non-hydrogen) atoms. The van der Waals surface area contributed by atoms with Crippen molar-refractivity contribution in [1.29, 1.82) is 0 Å². The van der Waals surface area contributed by atoms with Crippen molar-refractivity contribution in [3.8, 4) is 0 Å². The molecule has 2 fully saturated rings. The van der Waals surface area contributed by atoms with Gasteiger partial charge in [-0.05, 0) is 60.4 Å². The summed E-state index contributed by atoms with van der Waals surface area (Å²) in [6.45, 7) is 4.30. The summed E-state index contributed by atoms with van der Waals surface area (Å²) in [5, 5.41) is 4.51. The van der Waals surface area contributed by atoms with Gasteiger partial charge < -0.3 is 5.73 Å². The van der Waals surface area contributed by atoms with Gasteiger partial charge in [-0.3, -0.25) is 4.90 Å². The van der Waals surface area contributed by atoms with Crippen LogP contribution in [-0.2, 0) is 6.54 Å². The molecular formula is C18H30N2S. The van der Waals surface area contributed by atoms with Gasteiger partial charge in [0.25, 0.3) is 0 Å². The number of nitrogens with zero attached hydrogens (tertiary/aromatic N) is 1. The van der Waals surface area contributed by atoms with Gasteiger partial charge in [0.15, 0.2) is 0 Å². The van der Waals surface area contributed by atoms with Crippen molar-refractivity contribution in [3.05, 3.63) is 22.4 Å². The number of thiophene rings is 1. The molecule has 0 amide bonds. The van der Waals surface area contributed by atoms with Gasteiger partial charge in [0, 0.05) is 24.7 Å². The minimum atomic E-state index is 0.271. The summed E-state index contributed by atoms with van der Waals surface area (Å²) in [6, 6.07) is 3.09. The Hall–Kier alpha value is -0.380. The van der Waals surface area contributed by atoms with Crippen molar-refractivity contribution >= 4 is 11.3 Å². The molecule has 2 N–H and O–H groups in total. The Morgan fingerprint density at radius 2 is 2.14 bits per heavy atom. The predicted molar refractivity (Wildman–Crippen MR) is 91.5 cm³/mol. The van der Waals surface area contributed by atoms with E-state index in [1.54, 1.807) is 0 Å². The Balaban J connectivity index is 1.77. The zero-order chi connectivity index (χ0) is 14.7. The van der Waals surface area contributed by atoms with Crippen molar-refractivity contribution in [2.75, 3.05) is 6.54 Å². The molecule has 2 atom stereocenters. The highest BCUT2D eigenvalue weighted by Gasteiger charge is 2.44. The third-order valence-electron chi connectivity index (χ3n) is 5.76. The molecule has 0 radical (unpaired) electrons. The topological polar surface area (TPSA) is 29.3 Å². The molecule has 0 aromatic carbocycles. The van der Waals surface area contributed by atoms with Crippen LogP contribution >= 0.6 is 11.3 Å². The lowest BCUT2D eigenvalue weighted by Crippen LogP contribution is -2.54. The van der Waals surface area contributed by atoms with Crippen LogP contribution in [-0.4, -0.2) is 23.0 Å². The van der Waals surface area contributed by atoms with Crippen LogP contribution in [0.2, 0.25) is 0 Å². The van der Waals surface area contributed by atoms with Gasteiger partial charge in [0.1, 0.15) is 0 Å². The second-order valence-corrected chi connectivity index (χ2v) is 7.90. The fourth-order valence-corrected chi connectivity index (χ4v) is 4.79. The van der Waals surface area contributed by atoms with Gasteiger partial charge in [-0.25, -0.2) is 0 Å². The zero-order valence-corrected chi connectivity index (χ0v) is 14.2. The minimum absolute atomic E-state index is 0.271. The molecular weight excluding hydrogens is 276 g/mol. The molecule has 0 bridgehead atoms. The summed E-state index contributed by atoms with van der Waals surface area (Å²) in [7, 11) is 0. The first-order chi connectivity index (χ1) is 10.3. The molecule has 2 aliphatic rings. The van der Waals surface area contributed by atoms with E-state index < -0.39 is 0 Å². The first kappa shape index (κ1) is 15.5. The average molecular weight is 307 g/mol. The van der Waals surface area contributed by atoms with Crippen LogP contribution in [0.4, 0.5) is 0 Å². The van der Waals surface area contributed by atoms with E-state index in [1.807, 2.05) is 11.3 Å². The molecule has 0 saturated heterocycles. The van der Waals surface area contributed by atoms with Gasteiger partial charge in [0.05, 0.1) is 0 Å². The second kappa shape index (κ2) is 6.80. The normalized spacial score (nSPS) is 30.5. The maximum Gasteiger partial charge on any atom is 0.0338 e.